The molecule has 0 rings (SSSR count). The number of hydrogen-bond donors (Lipinski definition) is 2. The lowest BCUT2D eigenvalue weighted by Gasteiger charge is -2.24. The maximum absolute atomic E-state index is 11.0. The van der Waals surface area contributed by atoms with E-state index in [4.69, 9.17) is 5.11 Å². The van der Waals surface area contributed by atoms with E-state index in [1.165, 1.54) is 14.0 Å². The van der Waals surface area contributed by atoms with Gasteiger partial charge in [0.25, 0.3) is 0 Å². The molecular formula is C8H15NO4. The predicted octanol–water partition coefficient (Wildman–Crippen LogP) is 0.00230. The van der Waals surface area contributed by atoms with Crippen molar-refractivity contribution in [2.75, 3.05) is 13.7 Å². The fourth-order valence-electron chi connectivity index (χ4n) is 0.768. The zero-order valence-corrected chi connectivity index (χ0v) is 8.09. The van der Waals surface area contributed by atoms with Crippen LogP contribution in [0.3, 0.4) is 0 Å². The van der Waals surface area contributed by atoms with Gasteiger partial charge in [0.1, 0.15) is 12.1 Å². The molecule has 1 unspecified atom stereocenters. The Morgan fingerprint density at radius 1 is 1.54 bits per heavy atom. The van der Waals surface area contributed by atoms with E-state index in [0.29, 0.717) is 6.42 Å². The second kappa shape index (κ2) is 4.81. The largest absolute Gasteiger partial charge is 0.480 e. The van der Waals surface area contributed by atoms with Gasteiger partial charge in [0.2, 0.25) is 5.91 Å². The molecule has 0 aromatic rings. The first-order valence-corrected chi connectivity index (χ1v) is 3.99. The van der Waals surface area contributed by atoms with E-state index in [9.17, 15) is 9.59 Å². The van der Waals surface area contributed by atoms with E-state index in [-0.39, 0.29) is 6.61 Å². The Balaban J connectivity index is 4.27. The molecule has 2 N–H and O–H groups in total. The van der Waals surface area contributed by atoms with Crippen LogP contribution in [0.1, 0.15) is 20.3 Å². The number of rotatable bonds is 5. The summed E-state index contributed by atoms with van der Waals surface area (Å²) < 4.78 is 4.57. The molecule has 0 aliphatic rings. The number of amides is 1. The first kappa shape index (κ1) is 11.9. The van der Waals surface area contributed by atoms with Gasteiger partial charge in [0, 0.05) is 7.11 Å². The van der Waals surface area contributed by atoms with Crippen molar-refractivity contribution in [3.8, 4) is 0 Å². The van der Waals surface area contributed by atoms with Crippen LogP contribution in [0.2, 0.25) is 0 Å². The van der Waals surface area contributed by atoms with E-state index in [2.05, 4.69) is 10.1 Å². The van der Waals surface area contributed by atoms with Crippen LogP contribution in [0.4, 0.5) is 0 Å². The van der Waals surface area contributed by atoms with Crippen molar-refractivity contribution in [1.82, 2.24) is 5.32 Å². The summed E-state index contributed by atoms with van der Waals surface area (Å²) in [7, 11) is 1.38. The van der Waals surface area contributed by atoms with Crippen LogP contribution >= 0.6 is 0 Å². The molecule has 5 heteroatoms. The minimum absolute atomic E-state index is 0.122. The summed E-state index contributed by atoms with van der Waals surface area (Å²) in [6, 6.07) is 0. The van der Waals surface area contributed by atoms with E-state index in [0.717, 1.165) is 0 Å². The third-order valence-electron chi connectivity index (χ3n) is 1.87. The summed E-state index contributed by atoms with van der Waals surface area (Å²) >= 11 is 0. The molecule has 0 bridgehead atoms. The lowest BCUT2D eigenvalue weighted by molar-refractivity contribution is -0.147. The topological polar surface area (TPSA) is 75.6 Å². The fourth-order valence-corrected chi connectivity index (χ4v) is 0.768. The monoisotopic (exact) mass is 189 g/mol. The van der Waals surface area contributed by atoms with Crippen LogP contribution in [0.5, 0.6) is 0 Å². The van der Waals surface area contributed by atoms with Gasteiger partial charge < -0.3 is 15.2 Å². The highest BCUT2D eigenvalue weighted by Crippen LogP contribution is 2.08. The zero-order chi connectivity index (χ0) is 10.5. The van der Waals surface area contributed by atoms with Crippen molar-refractivity contribution in [2.45, 2.75) is 25.8 Å². The quantitative estimate of drug-likeness (QED) is 0.638. The maximum atomic E-state index is 11.0. The summed E-state index contributed by atoms with van der Waals surface area (Å²) in [4.78, 5) is 21.8. The zero-order valence-electron chi connectivity index (χ0n) is 8.09. The van der Waals surface area contributed by atoms with Crippen LogP contribution in [0.25, 0.3) is 0 Å². The third-order valence-corrected chi connectivity index (χ3v) is 1.87. The van der Waals surface area contributed by atoms with Crippen molar-refractivity contribution in [3.63, 3.8) is 0 Å². The van der Waals surface area contributed by atoms with Crippen molar-refractivity contribution in [3.05, 3.63) is 0 Å². The number of methoxy groups -OCH3 is 1. The lowest BCUT2D eigenvalue weighted by atomic mass is 9.99. The fraction of sp³-hybridized carbons (Fsp3) is 0.750. The van der Waals surface area contributed by atoms with Gasteiger partial charge in [-0.15, -0.1) is 0 Å². The summed E-state index contributed by atoms with van der Waals surface area (Å²) in [6.07, 6.45) is 0.331. The van der Waals surface area contributed by atoms with Gasteiger partial charge in [-0.25, -0.2) is 4.79 Å². The third kappa shape index (κ3) is 3.42. The highest BCUT2D eigenvalue weighted by atomic mass is 16.5. The van der Waals surface area contributed by atoms with Crippen molar-refractivity contribution in [1.29, 1.82) is 0 Å². The highest BCUT2D eigenvalue weighted by Gasteiger charge is 2.32. The molecule has 0 aromatic heterocycles. The van der Waals surface area contributed by atoms with Crippen LogP contribution < -0.4 is 5.32 Å². The van der Waals surface area contributed by atoms with Gasteiger partial charge in [-0.3, -0.25) is 4.79 Å². The molecule has 0 heterocycles. The molecule has 0 fully saturated rings. The molecular weight excluding hydrogens is 174 g/mol. The van der Waals surface area contributed by atoms with Crippen LogP contribution in [-0.4, -0.2) is 36.2 Å². The molecule has 76 valence electrons. The number of nitrogens with one attached hydrogen (secondary N) is 1. The molecule has 0 aliphatic carbocycles. The van der Waals surface area contributed by atoms with Gasteiger partial charge in [-0.1, -0.05) is 6.92 Å². The lowest BCUT2D eigenvalue weighted by Crippen LogP contribution is -2.52. The molecule has 13 heavy (non-hydrogen) atoms. The molecule has 0 spiro atoms. The summed E-state index contributed by atoms with van der Waals surface area (Å²) in [5.41, 5.74) is -1.20. The Morgan fingerprint density at radius 2 is 2.08 bits per heavy atom. The minimum Gasteiger partial charge on any atom is -0.480 e. The summed E-state index contributed by atoms with van der Waals surface area (Å²) in [5.74, 6) is -1.46. The first-order valence-electron chi connectivity index (χ1n) is 3.99. The van der Waals surface area contributed by atoms with Crippen LogP contribution in [-0.2, 0) is 14.3 Å². The Labute approximate surface area is 77.1 Å². The van der Waals surface area contributed by atoms with Gasteiger partial charge >= 0.3 is 5.97 Å². The molecule has 0 aliphatic heterocycles. The standard InChI is InChI=1S/C8H15NO4/c1-4-8(2,7(11)12)9-6(10)5-13-3/h4-5H2,1-3H3,(H,9,10)(H,11,12). The summed E-state index contributed by atoms with van der Waals surface area (Å²) in [5, 5.41) is 11.2. The van der Waals surface area contributed by atoms with Gasteiger partial charge in [-0.05, 0) is 13.3 Å². The Hall–Kier alpha value is -1.10. The SMILES string of the molecule is CCC(C)(NC(=O)COC)C(=O)O. The van der Waals surface area contributed by atoms with Crippen LogP contribution in [0.15, 0.2) is 0 Å². The highest BCUT2D eigenvalue weighted by molar-refractivity contribution is 5.87. The van der Waals surface area contributed by atoms with Crippen molar-refractivity contribution >= 4 is 11.9 Å². The van der Waals surface area contributed by atoms with E-state index in [1.54, 1.807) is 6.92 Å². The number of carbonyl (C=O) groups excluding carboxylic acids is 1. The smallest absolute Gasteiger partial charge is 0.329 e. The Kier molecular flexibility index (Phi) is 4.40. The second-order valence-corrected chi connectivity index (χ2v) is 2.97. The molecule has 0 radical (unpaired) electrons. The molecule has 0 saturated heterocycles. The van der Waals surface area contributed by atoms with Gasteiger partial charge in [0.05, 0.1) is 0 Å². The molecule has 5 nitrogen and oxygen atoms in total. The first-order chi connectivity index (χ1) is 5.96. The minimum atomic E-state index is -1.20. The average Bonchev–Trinajstić information content (AvgIpc) is 2.04. The number of ether oxygens (including phenoxy) is 1. The summed E-state index contributed by atoms with van der Waals surface area (Å²) in [6.45, 7) is 3.03. The maximum Gasteiger partial charge on any atom is 0.329 e. The number of carboxylic acids is 1. The normalized spacial score (nSPS) is 14.7. The van der Waals surface area contributed by atoms with E-state index in [1.807, 2.05) is 0 Å². The molecule has 1 atom stereocenters. The van der Waals surface area contributed by atoms with Crippen molar-refractivity contribution < 1.29 is 19.4 Å². The molecule has 1 amide bonds. The van der Waals surface area contributed by atoms with Crippen LogP contribution in [0, 0.1) is 0 Å². The number of hydrogen-bond acceptors (Lipinski definition) is 3. The molecule has 0 saturated carbocycles. The Morgan fingerprint density at radius 3 is 2.38 bits per heavy atom. The van der Waals surface area contributed by atoms with Gasteiger partial charge in [0.15, 0.2) is 0 Å². The number of carbonyl (C=O) groups is 2. The average molecular weight is 189 g/mol. The number of aliphatic carboxylic acids is 1. The van der Waals surface area contributed by atoms with Crippen molar-refractivity contribution in [2.24, 2.45) is 0 Å². The van der Waals surface area contributed by atoms with Gasteiger partial charge in [-0.2, -0.15) is 0 Å². The molecule has 0 aromatic carbocycles. The van der Waals surface area contributed by atoms with E-state index >= 15 is 0 Å². The number of carboxylic acid groups (broad SMARTS) is 1. The second-order valence-electron chi connectivity index (χ2n) is 2.97. The Bertz CT molecular complexity index is 204. The predicted molar refractivity (Wildman–Crippen MR) is 46.4 cm³/mol. The van der Waals surface area contributed by atoms with E-state index < -0.39 is 17.4 Å².